The van der Waals surface area contributed by atoms with Crippen molar-refractivity contribution in [3.8, 4) is 0 Å². The van der Waals surface area contributed by atoms with E-state index in [9.17, 15) is 61.0 Å². The Balaban J connectivity index is 1.49. The smallest absolute Gasteiger partial charge is 0.220 e. The maximum absolute atomic E-state index is 13.3. The maximum atomic E-state index is 13.3. The third kappa shape index (κ3) is 29.1. The first kappa shape index (κ1) is 74.3. The highest BCUT2D eigenvalue weighted by Crippen LogP contribution is 2.33. The molecule has 12 N–H and O–H groups in total. The van der Waals surface area contributed by atoms with Gasteiger partial charge in [0.2, 0.25) is 5.91 Å². The molecule has 480 valence electrons. The topological polar surface area (TPSA) is 307 Å². The van der Waals surface area contributed by atoms with Crippen molar-refractivity contribution in [3.63, 3.8) is 0 Å². The highest BCUT2D eigenvalue weighted by molar-refractivity contribution is 5.76. The number of unbranched alkanes of at least 4 members (excludes halogenated alkanes) is 28. The second kappa shape index (κ2) is 46.2. The molecular weight excluding hydrogens is 1060 g/mol. The van der Waals surface area contributed by atoms with E-state index in [1.807, 2.05) is 6.08 Å². The molecule has 1 amide bonds. The summed E-state index contributed by atoms with van der Waals surface area (Å²) in [5.41, 5.74) is 0. The predicted octanol–water partition coefficient (Wildman–Crippen LogP) is 6.88. The van der Waals surface area contributed by atoms with Gasteiger partial charge < -0.3 is 89.9 Å². The highest BCUT2D eigenvalue weighted by Gasteiger charge is 2.53. The summed E-state index contributed by atoms with van der Waals surface area (Å²) in [5, 5.41) is 120. The molecule has 0 radical (unpaired) electrons. The number of ether oxygens (including phenoxy) is 6. The van der Waals surface area contributed by atoms with Gasteiger partial charge in [-0.2, -0.15) is 0 Å². The molecule has 0 saturated carbocycles. The third-order valence-electron chi connectivity index (χ3n) is 16.2. The van der Waals surface area contributed by atoms with Gasteiger partial charge in [0.25, 0.3) is 0 Å². The summed E-state index contributed by atoms with van der Waals surface area (Å²) < 4.78 is 34.3. The second-order valence-corrected chi connectivity index (χ2v) is 23.2. The van der Waals surface area contributed by atoms with Crippen LogP contribution >= 0.6 is 0 Å². The number of hydrogen-bond acceptors (Lipinski definition) is 18. The summed E-state index contributed by atoms with van der Waals surface area (Å²) in [6, 6.07) is -0.993. The van der Waals surface area contributed by atoms with Gasteiger partial charge in [-0.05, 0) is 44.9 Å². The molecule has 0 aromatic heterocycles. The molecule has 3 aliphatic rings. The average molecular weight is 1170 g/mol. The molecule has 17 atom stereocenters. The van der Waals surface area contributed by atoms with Gasteiger partial charge in [0.15, 0.2) is 18.9 Å². The molecule has 0 aromatic carbocycles. The van der Waals surface area contributed by atoms with E-state index >= 15 is 0 Å². The van der Waals surface area contributed by atoms with E-state index in [0.29, 0.717) is 12.8 Å². The number of carbonyl (C=O) groups excluding carboxylic acids is 1. The number of aliphatic hydroxyl groups is 11. The standard InChI is InChI=1S/C63H115NO18/c1-3-5-7-9-11-13-15-17-19-20-21-22-23-24-25-27-28-30-32-34-36-38-40-47(68)46(64-51(69)41-39-37-35-33-31-29-26-18-16-14-12-10-8-6-4-2)45-77-61-57(75)54(72)59(49(43-66)79-61)82-63-58(76)55(73)60(50(44-67)80-63)81-62-56(74)53(71)52(70)48(42-65)78-62/h24-25,30,32,38,40,46-50,52-63,65-68,70-76H,3-23,26-29,31,33-37,39,41-45H2,1-2H3,(H,64,69)/b25-24+,32-30+,40-38+. The molecule has 3 aliphatic heterocycles. The van der Waals surface area contributed by atoms with Crippen molar-refractivity contribution < 1.29 is 89.4 Å². The molecule has 3 heterocycles. The Labute approximate surface area is 491 Å². The van der Waals surface area contributed by atoms with Crippen LogP contribution in [0, 0.1) is 0 Å². The Morgan fingerprint density at radius 3 is 1.22 bits per heavy atom. The van der Waals surface area contributed by atoms with Crippen LogP contribution < -0.4 is 5.32 Å². The molecule has 0 aromatic rings. The number of allylic oxidation sites excluding steroid dienone is 5. The Kier molecular flexibility index (Phi) is 41.8. The number of nitrogens with one attached hydrogen (secondary N) is 1. The van der Waals surface area contributed by atoms with E-state index in [-0.39, 0.29) is 18.9 Å². The lowest BCUT2D eigenvalue weighted by Gasteiger charge is -2.48. The predicted molar refractivity (Wildman–Crippen MR) is 314 cm³/mol. The van der Waals surface area contributed by atoms with Gasteiger partial charge in [-0.1, -0.05) is 211 Å². The first-order valence-corrected chi connectivity index (χ1v) is 32.2. The van der Waals surface area contributed by atoms with E-state index < -0.39 is 124 Å². The monoisotopic (exact) mass is 1170 g/mol. The Morgan fingerprint density at radius 2 is 0.780 bits per heavy atom. The molecule has 0 aliphatic carbocycles. The fourth-order valence-electron chi connectivity index (χ4n) is 10.9. The van der Waals surface area contributed by atoms with Gasteiger partial charge in [0.1, 0.15) is 73.2 Å². The average Bonchev–Trinajstić information content (AvgIpc) is 2.92. The molecule has 82 heavy (non-hydrogen) atoms. The maximum Gasteiger partial charge on any atom is 0.220 e. The summed E-state index contributed by atoms with van der Waals surface area (Å²) in [4.78, 5) is 13.3. The van der Waals surface area contributed by atoms with Crippen molar-refractivity contribution in [1.29, 1.82) is 0 Å². The van der Waals surface area contributed by atoms with Gasteiger partial charge in [-0.3, -0.25) is 4.79 Å². The van der Waals surface area contributed by atoms with Crippen molar-refractivity contribution >= 4 is 5.91 Å². The van der Waals surface area contributed by atoms with Crippen molar-refractivity contribution in [1.82, 2.24) is 5.32 Å². The van der Waals surface area contributed by atoms with Crippen LogP contribution in [-0.2, 0) is 33.2 Å². The number of amides is 1. The Bertz CT molecular complexity index is 1640. The van der Waals surface area contributed by atoms with E-state index in [4.69, 9.17) is 28.4 Å². The van der Waals surface area contributed by atoms with Crippen molar-refractivity contribution in [2.75, 3.05) is 26.4 Å². The highest BCUT2D eigenvalue weighted by atomic mass is 16.8. The van der Waals surface area contributed by atoms with Crippen LogP contribution in [0.2, 0.25) is 0 Å². The quantitative estimate of drug-likeness (QED) is 0.0218. The van der Waals surface area contributed by atoms with Crippen LogP contribution in [0.3, 0.4) is 0 Å². The fourth-order valence-corrected chi connectivity index (χ4v) is 10.9. The summed E-state index contributed by atoms with van der Waals surface area (Å²) in [6.07, 6.45) is 24.1. The normalized spacial score (nSPS) is 29.8. The number of aliphatic hydroxyl groups excluding tert-OH is 11. The molecule has 3 rings (SSSR count). The molecule has 0 bridgehead atoms. The lowest BCUT2D eigenvalue weighted by atomic mass is 9.96. The van der Waals surface area contributed by atoms with Gasteiger partial charge in [-0.25, -0.2) is 0 Å². The molecule has 19 heteroatoms. The van der Waals surface area contributed by atoms with Gasteiger partial charge in [0, 0.05) is 6.42 Å². The van der Waals surface area contributed by atoms with Gasteiger partial charge in [0.05, 0.1) is 38.6 Å². The lowest BCUT2D eigenvalue weighted by molar-refractivity contribution is -0.379. The molecule has 0 spiro atoms. The first-order chi connectivity index (χ1) is 39.8. The summed E-state index contributed by atoms with van der Waals surface area (Å²) in [5.74, 6) is -0.288. The molecule has 3 fully saturated rings. The summed E-state index contributed by atoms with van der Waals surface area (Å²) >= 11 is 0. The van der Waals surface area contributed by atoms with Crippen LogP contribution in [0.5, 0.6) is 0 Å². The van der Waals surface area contributed by atoms with E-state index in [2.05, 4.69) is 43.5 Å². The van der Waals surface area contributed by atoms with Crippen LogP contribution in [0.15, 0.2) is 36.5 Å². The molecule has 17 unspecified atom stereocenters. The van der Waals surface area contributed by atoms with Crippen molar-refractivity contribution in [3.05, 3.63) is 36.5 Å². The summed E-state index contributed by atoms with van der Waals surface area (Å²) in [7, 11) is 0. The van der Waals surface area contributed by atoms with E-state index in [1.165, 1.54) is 148 Å². The van der Waals surface area contributed by atoms with E-state index in [1.54, 1.807) is 6.08 Å². The molecule has 3 saturated heterocycles. The number of hydrogen-bond donors (Lipinski definition) is 12. The molecular formula is C63H115NO18. The minimum absolute atomic E-state index is 0.235. The van der Waals surface area contributed by atoms with Gasteiger partial charge >= 0.3 is 0 Å². The zero-order valence-corrected chi connectivity index (χ0v) is 50.2. The van der Waals surface area contributed by atoms with Crippen molar-refractivity contribution in [2.24, 2.45) is 0 Å². The number of carbonyl (C=O) groups is 1. The molecule has 19 nitrogen and oxygen atoms in total. The SMILES string of the molecule is CCCCCCCCCCCCCC/C=C/CC/C=C/CC/C=C/C(O)C(COC1OC(CO)C(OC2OC(CO)C(OC3OC(CO)C(O)C(O)C3O)C(O)C2O)C(O)C1O)NC(=O)CCCCCCCCCCCCCCCCC. The second-order valence-electron chi connectivity index (χ2n) is 23.2. The van der Waals surface area contributed by atoms with Crippen LogP contribution in [0.1, 0.15) is 226 Å². The minimum Gasteiger partial charge on any atom is -0.394 e. The largest absolute Gasteiger partial charge is 0.394 e. The van der Waals surface area contributed by atoms with Gasteiger partial charge in [-0.15, -0.1) is 0 Å². The summed E-state index contributed by atoms with van der Waals surface area (Å²) in [6.45, 7) is 1.71. The van der Waals surface area contributed by atoms with Crippen LogP contribution in [0.4, 0.5) is 0 Å². The Hall–Kier alpha value is -1.99. The lowest BCUT2D eigenvalue weighted by Crippen LogP contribution is -2.66. The Morgan fingerprint density at radius 1 is 0.427 bits per heavy atom. The third-order valence-corrected chi connectivity index (χ3v) is 16.2. The van der Waals surface area contributed by atoms with Crippen LogP contribution in [-0.4, -0.2) is 193 Å². The zero-order chi connectivity index (χ0) is 59.7. The zero-order valence-electron chi connectivity index (χ0n) is 50.2. The number of rotatable bonds is 48. The minimum atomic E-state index is -1.98. The van der Waals surface area contributed by atoms with E-state index in [0.717, 1.165) is 44.9 Å². The van der Waals surface area contributed by atoms with Crippen LogP contribution in [0.25, 0.3) is 0 Å². The first-order valence-electron chi connectivity index (χ1n) is 32.2. The fraction of sp³-hybridized carbons (Fsp3) is 0.889. The van der Waals surface area contributed by atoms with Crippen molar-refractivity contribution in [2.45, 2.75) is 330 Å².